The van der Waals surface area contributed by atoms with Crippen LogP contribution in [0.5, 0.6) is 0 Å². The standard InChI is InChI=1S/C20H21N3O/c1-13-2-11-19(23)18(12-13)20(24,14-3-7-16(21)8-4-14)15-5-9-17(22)10-6-15/h2-12,24H,21-23H2,1H3. The van der Waals surface area contributed by atoms with Gasteiger partial charge >= 0.3 is 0 Å². The molecule has 0 aliphatic rings. The highest BCUT2D eigenvalue weighted by Gasteiger charge is 2.35. The number of hydrogen-bond acceptors (Lipinski definition) is 4. The molecule has 0 saturated carbocycles. The largest absolute Gasteiger partial charge is 0.399 e. The van der Waals surface area contributed by atoms with Crippen LogP contribution in [0.25, 0.3) is 0 Å². The quantitative estimate of drug-likeness (QED) is 0.440. The van der Waals surface area contributed by atoms with Crippen molar-refractivity contribution >= 4 is 17.1 Å². The molecule has 0 saturated heterocycles. The maximum Gasteiger partial charge on any atom is 0.142 e. The fourth-order valence-corrected chi connectivity index (χ4v) is 2.91. The Morgan fingerprint density at radius 1 is 0.708 bits per heavy atom. The summed E-state index contributed by atoms with van der Waals surface area (Å²) in [4.78, 5) is 0. The Kier molecular flexibility index (Phi) is 3.91. The maximum atomic E-state index is 11.8. The second-order valence-electron chi connectivity index (χ2n) is 6.05. The molecule has 0 atom stereocenters. The molecule has 0 aromatic heterocycles. The van der Waals surface area contributed by atoms with Crippen LogP contribution in [0, 0.1) is 6.92 Å². The van der Waals surface area contributed by atoms with Crippen molar-refractivity contribution in [1.29, 1.82) is 0 Å². The van der Waals surface area contributed by atoms with Gasteiger partial charge in [-0.25, -0.2) is 0 Å². The third-order valence-electron chi connectivity index (χ3n) is 4.26. The van der Waals surface area contributed by atoms with E-state index in [9.17, 15) is 5.11 Å². The Morgan fingerprint density at radius 2 is 1.17 bits per heavy atom. The average Bonchev–Trinajstić information content (AvgIpc) is 2.57. The van der Waals surface area contributed by atoms with Gasteiger partial charge in [0.05, 0.1) is 0 Å². The Hall–Kier alpha value is -2.98. The van der Waals surface area contributed by atoms with E-state index >= 15 is 0 Å². The number of hydrogen-bond donors (Lipinski definition) is 4. The fourth-order valence-electron chi connectivity index (χ4n) is 2.91. The van der Waals surface area contributed by atoms with Gasteiger partial charge in [0.15, 0.2) is 0 Å². The summed E-state index contributed by atoms with van der Waals surface area (Å²) in [6, 6.07) is 20.0. The van der Waals surface area contributed by atoms with Gasteiger partial charge in [0.1, 0.15) is 5.60 Å². The average molecular weight is 319 g/mol. The van der Waals surface area contributed by atoms with Crippen molar-refractivity contribution in [2.45, 2.75) is 12.5 Å². The summed E-state index contributed by atoms with van der Waals surface area (Å²) >= 11 is 0. The summed E-state index contributed by atoms with van der Waals surface area (Å²) in [5.41, 5.74) is 21.2. The number of anilines is 3. The summed E-state index contributed by atoms with van der Waals surface area (Å²) in [6.07, 6.45) is 0. The molecule has 0 radical (unpaired) electrons. The Bertz CT molecular complexity index is 810. The minimum atomic E-state index is -1.39. The highest BCUT2D eigenvalue weighted by atomic mass is 16.3. The van der Waals surface area contributed by atoms with Gasteiger partial charge in [0, 0.05) is 22.6 Å². The van der Waals surface area contributed by atoms with Gasteiger partial charge < -0.3 is 22.3 Å². The molecule has 0 aliphatic carbocycles. The number of benzene rings is 3. The monoisotopic (exact) mass is 319 g/mol. The van der Waals surface area contributed by atoms with E-state index in [4.69, 9.17) is 17.2 Å². The van der Waals surface area contributed by atoms with Crippen LogP contribution in [0.4, 0.5) is 17.1 Å². The molecule has 0 unspecified atom stereocenters. The molecule has 0 bridgehead atoms. The Labute approximate surface area is 141 Å². The van der Waals surface area contributed by atoms with E-state index in [-0.39, 0.29) is 0 Å². The molecule has 0 amide bonds. The Balaban J connectivity index is 2.29. The van der Waals surface area contributed by atoms with Crippen LogP contribution in [0.1, 0.15) is 22.3 Å². The lowest BCUT2D eigenvalue weighted by Crippen LogP contribution is -2.30. The highest BCUT2D eigenvalue weighted by Crippen LogP contribution is 2.40. The second kappa shape index (κ2) is 5.91. The first-order valence-corrected chi connectivity index (χ1v) is 7.72. The lowest BCUT2D eigenvalue weighted by Gasteiger charge is -2.31. The first-order chi connectivity index (χ1) is 11.4. The zero-order valence-electron chi connectivity index (χ0n) is 13.5. The predicted octanol–water partition coefficient (Wildman–Crippen LogP) is 3.03. The Morgan fingerprint density at radius 3 is 1.62 bits per heavy atom. The SMILES string of the molecule is Cc1ccc(N)c(C(O)(c2ccc(N)cc2)c2ccc(N)cc2)c1. The first-order valence-electron chi connectivity index (χ1n) is 7.72. The van der Waals surface area contributed by atoms with Gasteiger partial charge in [0.25, 0.3) is 0 Å². The van der Waals surface area contributed by atoms with Crippen molar-refractivity contribution in [3.63, 3.8) is 0 Å². The van der Waals surface area contributed by atoms with E-state index in [1.165, 1.54) is 0 Å². The van der Waals surface area contributed by atoms with Crippen molar-refractivity contribution in [2.75, 3.05) is 17.2 Å². The third kappa shape index (κ3) is 2.68. The zero-order valence-corrected chi connectivity index (χ0v) is 13.5. The van der Waals surface area contributed by atoms with E-state index in [0.717, 1.165) is 5.56 Å². The lowest BCUT2D eigenvalue weighted by molar-refractivity contribution is 0.126. The van der Waals surface area contributed by atoms with Gasteiger partial charge in [-0.1, -0.05) is 42.0 Å². The van der Waals surface area contributed by atoms with Gasteiger partial charge in [-0.2, -0.15) is 0 Å². The molecular weight excluding hydrogens is 298 g/mol. The molecule has 3 aromatic rings. The molecule has 0 fully saturated rings. The number of rotatable bonds is 3. The number of aryl methyl sites for hydroxylation is 1. The minimum Gasteiger partial charge on any atom is -0.399 e. The van der Waals surface area contributed by atoms with Gasteiger partial charge in [-0.05, 0) is 48.4 Å². The molecule has 122 valence electrons. The normalized spacial score (nSPS) is 11.4. The first kappa shape index (κ1) is 15.9. The van der Waals surface area contributed by atoms with Gasteiger partial charge in [-0.3, -0.25) is 0 Å². The zero-order chi connectivity index (χ0) is 17.3. The molecule has 3 rings (SSSR count). The molecule has 0 heterocycles. The van der Waals surface area contributed by atoms with E-state index < -0.39 is 5.60 Å². The van der Waals surface area contributed by atoms with Crippen molar-refractivity contribution in [3.8, 4) is 0 Å². The summed E-state index contributed by atoms with van der Waals surface area (Å²) in [5, 5.41) is 11.8. The molecule has 4 nitrogen and oxygen atoms in total. The smallest absolute Gasteiger partial charge is 0.142 e. The summed E-state index contributed by atoms with van der Waals surface area (Å²) < 4.78 is 0. The van der Waals surface area contributed by atoms with E-state index in [1.807, 2.05) is 49.4 Å². The van der Waals surface area contributed by atoms with Crippen LogP contribution >= 0.6 is 0 Å². The number of nitrogens with two attached hydrogens (primary N) is 3. The molecule has 3 aromatic carbocycles. The van der Waals surface area contributed by atoms with Crippen LogP contribution in [0.15, 0.2) is 66.7 Å². The molecule has 24 heavy (non-hydrogen) atoms. The van der Waals surface area contributed by atoms with Gasteiger partial charge in [-0.15, -0.1) is 0 Å². The molecular formula is C20H21N3O. The van der Waals surface area contributed by atoms with Crippen LogP contribution < -0.4 is 17.2 Å². The summed E-state index contributed by atoms with van der Waals surface area (Å²) in [6.45, 7) is 1.97. The number of aliphatic hydroxyl groups is 1. The predicted molar refractivity (Wildman–Crippen MR) is 99.4 cm³/mol. The van der Waals surface area contributed by atoms with E-state index in [2.05, 4.69) is 0 Å². The molecule has 7 N–H and O–H groups in total. The van der Waals surface area contributed by atoms with E-state index in [0.29, 0.717) is 33.8 Å². The molecule has 0 aliphatic heterocycles. The topological polar surface area (TPSA) is 98.3 Å². The minimum absolute atomic E-state index is 0.525. The lowest BCUT2D eigenvalue weighted by atomic mass is 9.79. The van der Waals surface area contributed by atoms with Crippen molar-refractivity contribution in [3.05, 3.63) is 89.0 Å². The fraction of sp³-hybridized carbons (Fsp3) is 0.100. The molecule has 4 heteroatoms. The van der Waals surface area contributed by atoms with Crippen molar-refractivity contribution in [1.82, 2.24) is 0 Å². The maximum absolute atomic E-state index is 11.8. The second-order valence-corrected chi connectivity index (χ2v) is 6.05. The highest BCUT2D eigenvalue weighted by molar-refractivity contribution is 5.61. The van der Waals surface area contributed by atoms with Crippen LogP contribution in [0.2, 0.25) is 0 Å². The van der Waals surface area contributed by atoms with Crippen LogP contribution in [-0.4, -0.2) is 5.11 Å². The van der Waals surface area contributed by atoms with E-state index in [1.54, 1.807) is 24.3 Å². The summed E-state index contributed by atoms with van der Waals surface area (Å²) in [7, 11) is 0. The van der Waals surface area contributed by atoms with Crippen molar-refractivity contribution < 1.29 is 5.11 Å². The number of nitrogen functional groups attached to an aromatic ring is 3. The third-order valence-corrected chi connectivity index (χ3v) is 4.26. The summed E-state index contributed by atoms with van der Waals surface area (Å²) in [5.74, 6) is 0. The van der Waals surface area contributed by atoms with Crippen molar-refractivity contribution in [2.24, 2.45) is 0 Å². The van der Waals surface area contributed by atoms with Crippen LogP contribution in [-0.2, 0) is 5.60 Å². The molecule has 0 spiro atoms. The van der Waals surface area contributed by atoms with Crippen LogP contribution in [0.3, 0.4) is 0 Å². The van der Waals surface area contributed by atoms with Gasteiger partial charge in [0.2, 0.25) is 0 Å².